The van der Waals surface area contributed by atoms with Gasteiger partial charge in [-0.25, -0.2) is 4.98 Å². The van der Waals surface area contributed by atoms with Gasteiger partial charge < -0.3 is 4.90 Å². The Hall–Kier alpha value is -0.900. The lowest BCUT2D eigenvalue weighted by atomic mass is 10.2. The van der Waals surface area contributed by atoms with Crippen molar-refractivity contribution in [2.24, 2.45) is 0 Å². The Morgan fingerprint density at radius 1 is 1.60 bits per heavy atom. The summed E-state index contributed by atoms with van der Waals surface area (Å²) in [5, 5.41) is 3.07. The first-order chi connectivity index (χ1) is 7.13. The molecule has 0 bridgehead atoms. The van der Waals surface area contributed by atoms with Gasteiger partial charge in [0.25, 0.3) is 0 Å². The molecule has 1 amide bonds. The maximum atomic E-state index is 11.6. The summed E-state index contributed by atoms with van der Waals surface area (Å²) in [6.45, 7) is 4.71. The van der Waals surface area contributed by atoms with Gasteiger partial charge in [-0.1, -0.05) is 13.3 Å². The van der Waals surface area contributed by atoms with Gasteiger partial charge in [-0.3, -0.25) is 4.79 Å². The Morgan fingerprint density at radius 3 is 2.87 bits per heavy atom. The topological polar surface area (TPSA) is 33.2 Å². The molecule has 4 heteroatoms. The van der Waals surface area contributed by atoms with E-state index in [-0.39, 0.29) is 5.91 Å². The molecule has 1 aromatic heterocycles. The van der Waals surface area contributed by atoms with Crippen LogP contribution in [-0.4, -0.2) is 22.8 Å². The van der Waals surface area contributed by atoms with E-state index in [1.54, 1.807) is 16.2 Å². The average Bonchev–Trinajstić information content (AvgIpc) is 2.60. The van der Waals surface area contributed by atoms with Crippen molar-refractivity contribution < 1.29 is 4.79 Å². The quantitative estimate of drug-likeness (QED) is 0.773. The second-order valence-electron chi connectivity index (χ2n) is 3.71. The minimum absolute atomic E-state index is 0.211. The minimum Gasteiger partial charge on any atom is -0.340 e. The molecule has 1 heterocycles. The van der Waals surface area contributed by atoms with Gasteiger partial charge >= 0.3 is 0 Å². The summed E-state index contributed by atoms with van der Waals surface area (Å²) in [6, 6.07) is 0. The first-order valence-corrected chi connectivity index (χ1v) is 6.16. The number of unbranched alkanes of at least 4 members (excludes halogenated alkanes) is 1. The van der Waals surface area contributed by atoms with Crippen LogP contribution < -0.4 is 0 Å². The van der Waals surface area contributed by atoms with E-state index in [0.717, 1.165) is 23.5 Å². The Kier molecular flexibility index (Phi) is 4.75. The summed E-state index contributed by atoms with van der Waals surface area (Å²) in [5.74, 6) is 0.211. The highest BCUT2D eigenvalue weighted by molar-refractivity contribution is 7.09. The minimum atomic E-state index is 0.211. The van der Waals surface area contributed by atoms with Gasteiger partial charge in [0.1, 0.15) is 0 Å². The van der Waals surface area contributed by atoms with Crippen molar-refractivity contribution >= 4 is 17.2 Å². The Labute approximate surface area is 95.1 Å². The van der Waals surface area contributed by atoms with Crippen molar-refractivity contribution in [2.75, 3.05) is 7.05 Å². The molecule has 1 rings (SSSR count). The molecule has 0 saturated heterocycles. The predicted molar refractivity (Wildman–Crippen MR) is 62.9 cm³/mol. The van der Waals surface area contributed by atoms with Crippen LogP contribution in [-0.2, 0) is 11.3 Å². The Morgan fingerprint density at radius 2 is 2.33 bits per heavy atom. The Balaban J connectivity index is 2.41. The first kappa shape index (κ1) is 12.2. The molecule has 0 aliphatic rings. The number of thiazole rings is 1. The van der Waals surface area contributed by atoms with Crippen LogP contribution >= 0.6 is 11.3 Å². The summed E-state index contributed by atoms with van der Waals surface area (Å²) in [5.41, 5.74) is 0.991. The lowest BCUT2D eigenvalue weighted by molar-refractivity contribution is -0.130. The van der Waals surface area contributed by atoms with E-state index in [0.29, 0.717) is 13.0 Å². The smallest absolute Gasteiger partial charge is 0.222 e. The molecule has 0 aliphatic heterocycles. The fourth-order valence-electron chi connectivity index (χ4n) is 1.33. The van der Waals surface area contributed by atoms with Crippen molar-refractivity contribution in [1.29, 1.82) is 0 Å². The lowest BCUT2D eigenvalue weighted by Gasteiger charge is -2.15. The van der Waals surface area contributed by atoms with Gasteiger partial charge in [0, 0.05) is 18.8 Å². The highest BCUT2D eigenvalue weighted by atomic mass is 32.1. The highest BCUT2D eigenvalue weighted by Gasteiger charge is 2.09. The molecule has 15 heavy (non-hydrogen) atoms. The second kappa shape index (κ2) is 5.85. The number of aryl methyl sites for hydroxylation is 1. The summed E-state index contributed by atoms with van der Waals surface area (Å²) < 4.78 is 0. The van der Waals surface area contributed by atoms with Crippen LogP contribution in [0.3, 0.4) is 0 Å². The molecule has 1 aromatic rings. The summed E-state index contributed by atoms with van der Waals surface area (Å²) in [4.78, 5) is 17.7. The normalized spacial score (nSPS) is 10.3. The van der Waals surface area contributed by atoms with Crippen molar-refractivity contribution in [3.05, 3.63) is 16.1 Å². The number of aromatic nitrogens is 1. The van der Waals surface area contributed by atoms with Gasteiger partial charge in [-0.05, 0) is 13.3 Å². The van der Waals surface area contributed by atoms with E-state index >= 15 is 0 Å². The zero-order valence-electron chi connectivity index (χ0n) is 9.62. The summed E-state index contributed by atoms with van der Waals surface area (Å²) >= 11 is 1.63. The number of carbonyl (C=O) groups excluding carboxylic acids is 1. The molecule has 0 spiro atoms. The van der Waals surface area contributed by atoms with Gasteiger partial charge in [0.2, 0.25) is 5.91 Å². The van der Waals surface area contributed by atoms with E-state index < -0.39 is 0 Å². The third-order valence-corrected chi connectivity index (χ3v) is 3.06. The molecule has 0 saturated carbocycles. The largest absolute Gasteiger partial charge is 0.340 e. The number of hydrogen-bond acceptors (Lipinski definition) is 3. The molecule has 0 N–H and O–H groups in total. The maximum absolute atomic E-state index is 11.6. The van der Waals surface area contributed by atoms with Crippen molar-refractivity contribution in [3.63, 3.8) is 0 Å². The van der Waals surface area contributed by atoms with Crippen LogP contribution in [0.25, 0.3) is 0 Å². The first-order valence-electron chi connectivity index (χ1n) is 5.28. The molecular formula is C11H18N2OS. The molecule has 0 aliphatic carbocycles. The van der Waals surface area contributed by atoms with Crippen molar-refractivity contribution in [2.45, 2.75) is 39.7 Å². The number of amides is 1. The van der Waals surface area contributed by atoms with Gasteiger partial charge in [-0.2, -0.15) is 0 Å². The van der Waals surface area contributed by atoms with Crippen LogP contribution in [0.2, 0.25) is 0 Å². The van der Waals surface area contributed by atoms with E-state index in [9.17, 15) is 4.79 Å². The number of nitrogens with zero attached hydrogens (tertiary/aromatic N) is 2. The molecule has 3 nitrogen and oxygen atoms in total. The zero-order chi connectivity index (χ0) is 11.3. The monoisotopic (exact) mass is 226 g/mol. The summed E-state index contributed by atoms with van der Waals surface area (Å²) in [7, 11) is 1.84. The third kappa shape index (κ3) is 4.00. The molecule has 0 unspecified atom stereocenters. The predicted octanol–water partition coefficient (Wildman–Crippen LogP) is 2.60. The van der Waals surface area contributed by atoms with Gasteiger partial charge in [-0.15, -0.1) is 11.3 Å². The fourth-order valence-corrected chi connectivity index (χ4v) is 1.93. The van der Waals surface area contributed by atoms with Crippen LogP contribution in [0.5, 0.6) is 0 Å². The van der Waals surface area contributed by atoms with Crippen molar-refractivity contribution in [3.8, 4) is 0 Å². The van der Waals surface area contributed by atoms with E-state index in [2.05, 4.69) is 11.9 Å². The summed E-state index contributed by atoms with van der Waals surface area (Å²) in [6.07, 6.45) is 2.69. The van der Waals surface area contributed by atoms with Crippen LogP contribution in [0.15, 0.2) is 5.38 Å². The van der Waals surface area contributed by atoms with E-state index in [1.165, 1.54) is 0 Å². The number of rotatable bonds is 5. The zero-order valence-corrected chi connectivity index (χ0v) is 10.4. The fraction of sp³-hybridized carbons (Fsp3) is 0.636. The van der Waals surface area contributed by atoms with E-state index in [1.807, 2.05) is 19.4 Å². The average molecular weight is 226 g/mol. The molecular weight excluding hydrogens is 208 g/mol. The van der Waals surface area contributed by atoms with Crippen LogP contribution in [0.1, 0.15) is 36.9 Å². The van der Waals surface area contributed by atoms with E-state index in [4.69, 9.17) is 0 Å². The van der Waals surface area contributed by atoms with Crippen LogP contribution in [0.4, 0.5) is 0 Å². The highest BCUT2D eigenvalue weighted by Crippen LogP contribution is 2.10. The number of hydrogen-bond donors (Lipinski definition) is 0. The SMILES string of the molecule is CCCCC(=O)N(C)Cc1csc(C)n1. The second-order valence-corrected chi connectivity index (χ2v) is 4.77. The van der Waals surface area contributed by atoms with Crippen LogP contribution in [0, 0.1) is 6.92 Å². The van der Waals surface area contributed by atoms with Crippen molar-refractivity contribution in [1.82, 2.24) is 9.88 Å². The standard InChI is InChI=1S/C11H18N2OS/c1-4-5-6-11(14)13(3)7-10-8-15-9(2)12-10/h8H,4-7H2,1-3H3. The molecule has 84 valence electrons. The molecule has 0 aromatic carbocycles. The van der Waals surface area contributed by atoms with Gasteiger partial charge in [0.15, 0.2) is 0 Å². The lowest BCUT2D eigenvalue weighted by Crippen LogP contribution is -2.25. The number of carbonyl (C=O) groups is 1. The Bertz CT molecular complexity index is 322. The molecule has 0 fully saturated rings. The molecule has 0 radical (unpaired) electrons. The molecule has 0 atom stereocenters. The third-order valence-electron chi connectivity index (χ3n) is 2.24. The van der Waals surface area contributed by atoms with Gasteiger partial charge in [0.05, 0.1) is 17.2 Å². The maximum Gasteiger partial charge on any atom is 0.222 e.